The smallest absolute Gasteiger partial charge is 0.434 e. The van der Waals surface area contributed by atoms with Crippen molar-refractivity contribution in [3.05, 3.63) is 47.2 Å². The van der Waals surface area contributed by atoms with Crippen molar-refractivity contribution >= 4 is 32.0 Å². The summed E-state index contributed by atoms with van der Waals surface area (Å²) in [5.41, 5.74) is 1.49. The molecule has 2 heterocycles. The second kappa shape index (κ2) is 11.1. The summed E-state index contributed by atoms with van der Waals surface area (Å²) in [5.74, 6) is 0.528. The number of aromatic nitrogens is 2. The van der Waals surface area contributed by atoms with E-state index < -0.39 is 25.8 Å². The predicted molar refractivity (Wildman–Crippen MR) is 160 cm³/mol. The third-order valence-corrected chi connectivity index (χ3v) is 12.1. The molecule has 1 aliphatic heterocycles. The third-order valence-electron chi connectivity index (χ3n) is 8.51. The van der Waals surface area contributed by atoms with E-state index in [-0.39, 0.29) is 42.2 Å². The monoisotopic (exact) mass is 583 g/mol. The summed E-state index contributed by atoms with van der Waals surface area (Å²) < 4.78 is 10.6. The summed E-state index contributed by atoms with van der Waals surface area (Å²) in [7, 11) is -1.76. The molecular formula is C30H45N5O5Si. The number of fused-ring (bicyclic) bond motifs is 1. The lowest BCUT2D eigenvalue weighted by atomic mass is 9.83. The van der Waals surface area contributed by atoms with E-state index in [0.717, 1.165) is 36.1 Å². The fraction of sp³-hybridized carbons (Fsp3) is 0.600. The zero-order chi connectivity index (χ0) is 30.2. The van der Waals surface area contributed by atoms with E-state index in [0.29, 0.717) is 5.82 Å². The SMILES string of the molecule is CC(C)(C)COC(=O)OC[C@@H](NC(=O)N1Cc2c(NC(=O)C3([Si](C)(C)C)CCC3)n[nH]c2C1(C)C)c1ccccc1. The minimum atomic E-state index is -1.76. The molecule has 1 aromatic heterocycles. The van der Waals surface area contributed by atoms with E-state index in [4.69, 9.17) is 9.47 Å². The van der Waals surface area contributed by atoms with Crippen LogP contribution in [0.3, 0.4) is 0 Å². The highest BCUT2D eigenvalue weighted by Crippen LogP contribution is 2.56. The van der Waals surface area contributed by atoms with Crippen LogP contribution in [0.25, 0.3) is 0 Å². The van der Waals surface area contributed by atoms with Gasteiger partial charge in [0.2, 0.25) is 5.91 Å². The standard InChI is InChI=1S/C30H45N5O5Si/c1-28(2,3)19-40-27(38)39-18-22(20-13-10-9-11-14-20)31-26(37)35-17-21-23(29(35,4)5)33-34-24(21)32-25(36)30(15-12-16-30)41(6,7)8/h9-11,13-14,22H,12,15-19H2,1-8H3,(H,31,37)(H2,32,33,34,36)/t22-/m1/s1. The van der Waals surface area contributed by atoms with Gasteiger partial charge in [-0.2, -0.15) is 5.10 Å². The quantitative estimate of drug-likeness (QED) is 0.247. The Bertz CT molecular complexity index is 1270. The highest BCUT2D eigenvalue weighted by atomic mass is 28.3. The van der Waals surface area contributed by atoms with Crippen LogP contribution in [0.4, 0.5) is 15.4 Å². The minimum Gasteiger partial charge on any atom is -0.434 e. The van der Waals surface area contributed by atoms with Crippen LogP contribution < -0.4 is 10.6 Å². The Morgan fingerprint density at radius 1 is 1.10 bits per heavy atom. The zero-order valence-corrected chi connectivity index (χ0v) is 26.6. The van der Waals surface area contributed by atoms with E-state index in [9.17, 15) is 14.4 Å². The number of benzene rings is 1. The number of nitrogens with one attached hydrogen (secondary N) is 3. The minimum absolute atomic E-state index is 0.0394. The van der Waals surface area contributed by atoms with Gasteiger partial charge in [-0.1, -0.05) is 77.2 Å². The van der Waals surface area contributed by atoms with Crippen LogP contribution in [-0.4, -0.2) is 54.5 Å². The first kappa shape index (κ1) is 30.6. The number of hydrogen-bond donors (Lipinski definition) is 3. The van der Waals surface area contributed by atoms with E-state index in [2.05, 4.69) is 40.5 Å². The highest BCUT2D eigenvalue weighted by Gasteiger charge is 2.54. The molecule has 0 bridgehead atoms. The Morgan fingerprint density at radius 3 is 2.32 bits per heavy atom. The molecular weight excluding hydrogens is 538 g/mol. The molecule has 0 unspecified atom stereocenters. The van der Waals surface area contributed by atoms with Gasteiger partial charge in [-0.3, -0.25) is 9.89 Å². The number of rotatable bonds is 8. The van der Waals surface area contributed by atoms with Crippen molar-refractivity contribution in [2.75, 3.05) is 18.5 Å². The summed E-state index contributed by atoms with van der Waals surface area (Å²) in [5, 5.41) is 13.4. The van der Waals surface area contributed by atoms with Gasteiger partial charge in [-0.25, -0.2) is 9.59 Å². The fourth-order valence-corrected chi connectivity index (χ4v) is 8.22. The van der Waals surface area contributed by atoms with Gasteiger partial charge in [0.25, 0.3) is 0 Å². The lowest BCUT2D eigenvalue weighted by Gasteiger charge is -2.48. The second-order valence-electron chi connectivity index (χ2n) is 14.0. The van der Waals surface area contributed by atoms with Crippen LogP contribution in [-0.2, 0) is 26.4 Å². The Morgan fingerprint density at radius 2 is 1.76 bits per heavy atom. The molecule has 2 aliphatic rings. The molecule has 3 amide bonds. The molecule has 224 valence electrons. The van der Waals surface area contributed by atoms with E-state index in [1.165, 1.54) is 0 Å². The number of amides is 3. The molecule has 1 fully saturated rings. The van der Waals surface area contributed by atoms with Crippen molar-refractivity contribution in [2.45, 2.75) is 96.7 Å². The molecule has 1 aliphatic carbocycles. The maximum Gasteiger partial charge on any atom is 0.508 e. The number of nitrogens with zero attached hydrogens (tertiary/aromatic N) is 2. The van der Waals surface area contributed by atoms with Crippen LogP contribution in [0.1, 0.15) is 76.7 Å². The molecule has 1 saturated carbocycles. The van der Waals surface area contributed by atoms with E-state index >= 15 is 0 Å². The number of anilines is 1. The lowest BCUT2D eigenvalue weighted by Crippen LogP contribution is -2.52. The molecule has 10 nitrogen and oxygen atoms in total. The third kappa shape index (κ3) is 6.29. The van der Waals surface area contributed by atoms with Gasteiger partial charge in [0.05, 0.1) is 38.5 Å². The van der Waals surface area contributed by atoms with Crippen molar-refractivity contribution in [1.82, 2.24) is 20.4 Å². The van der Waals surface area contributed by atoms with Crippen molar-refractivity contribution in [1.29, 1.82) is 0 Å². The summed E-state index contributed by atoms with van der Waals surface area (Å²) in [6.07, 6.45) is 2.11. The Kier molecular flexibility index (Phi) is 8.32. The van der Waals surface area contributed by atoms with Crippen LogP contribution in [0.2, 0.25) is 24.7 Å². The summed E-state index contributed by atoms with van der Waals surface area (Å²) in [6, 6.07) is 8.45. The second-order valence-corrected chi connectivity index (χ2v) is 19.5. The number of H-pyrrole nitrogens is 1. The largest absolute Gasteiger partial charge is 0.508 e. The molecule has 0 spiro atoms. The average molecular weight is 584 g/mol. The maximum atomic E-state index is 13.7. The van der Waals surface area contributed by atoms with Crippen molar-refractivity contribution in [3.63, 3.8) is 0 Å². The van der Waals surface area contributed by atoms with Gasteiger partial charge in [0.1, 0.15) is 6.61 Å². The summed E-state index contributed by atoms with van der Waals surface area (Å²) >= 11 is 0. The number of aromatic amines is 1. The predicted octanol–water partition coefficient (Wildman–Crippen LogP) is 6.31. The normalized spacial score (nSPS) is 18.1. The zero-order valence-electron chi connectivity index (χ0n) is 25.6. The lowest BCUT2D eigenvalue weighted by molar-refractivity contribution is -0.121. The number of carbonyl (C=O) groups excluding carboxylic acids is 3. The first-order chi connectivity index (χ1) is 19.0. The topological polar surface area (TPSA) is 126 Å². The first-order valence-electron chi connectivity index (χ1n) is 14.4. The van der Waals surface area contributed by atoms with Gasteiger partial charge in [0.15, 0.2) is 5.82 Å². The Labute approximate surface area is 243 Å². The summed E-state index contributed by atoms with van der Waals surface area (Å²) in [6.45, 7) is 16.9. The van der Waals surface area contributed by atoms with Crippen LogP contribution >= 0.6 is 0 Å². The molecule has 1 aromatic carbocycles. The number of hydrogen-bond acceptors (Lipinski definition) is 6. The molecule has 0 saturated heterocycles. The molecule has 1 atom stereocenters. The van der Waals surface area contributed by atoms with Gasteiger partial charge in [0, 0.05) is 10.6 Å². The van der Waals surface area contributed by atoms with Gasteiger partial charge < -0.3 is 25.0 Å². The molecule has 0 radical (unpaired) electrons. The van der Waals surface area contributed by atoms with Crippen LogP contribution in [0, 0.1) is 5.41 Å². The molecule has 11 heteroatoms. The van der Waals surface area contributed by atoms with Crippen LogP contribution in [0.15, 0.2) is 30.3 Å². The number of carbonyl (C=O) groups is 3. The summed E-state index contributed by atoms with van der Waals surface area (Å²) in [4.78, 5) is 41.2. The maximum absolute atomic E-state index is 13.7. The molecule has 2 aromatic rings. The van der Waals surface area contributed by atoms with Crippen molar-refractivity contribution < 1.29 is 23.9 Å². The molecule has 3 N–H and O–H groups in total. The first-order valence-corrected chi connectivity index (χ1v) is 17.9. The number of urea groups is 1. The van der Waals surface area contributed by atoms with Crippen molar-refractivity contribution in [2.24, 2.45) is 5.41 Å². The molecule has 4 rings (SSSR count). The van der Waals surface area contributed by atoms with Gasteiger partial charge >= 0.3 is 12.2 Å². The highest BCUT2D eigenvalue weighted by molar-refractivity contribution is 6.83. The fourth-order valence-electron chi connectivity index (χ4n) is 5.62. The van der Waals surface area contributed by atoms with E-state index in [1.54, 1.807) is 4.90 Å². The Hall–Kier alpha value is -3.34. The van der Waals surface area contributed by atoms with Crippen LogP contribution in [0.5, 0.6) is 0 Å². The van der Waals surface area contributed by atoms with Crippen molar-refractivity contribution in [3.8, 4) is 0 Å². The number of ether oxygens (including phenoxy) is 2. The molecule has 41 heavy (non-hydrogen) atoms. The van der Waals surface area contributed by atoms with E-state index in [1.807, 2.05) is 65.0 Å². The van der Waals surface area contributed by atoms with Gasteiger partial charge in [-0.05, 0) is 37.7 Å². The van der Waals surface area contributed by atoms with Gasteiger partial charge in [-0.15, -0.1) is 0 Å². The average Bonchev–Trinajstić information content (AvgIpc) is 3.36. The Balaban J connectivity index is 1.47.